The molecule has 0 spiro atoms. The number of hydrogen-bond acceptors (Lipinski definition) is 3. The quantitative estimate of drug-likeness (QED) is 0.441. The highest BCUT2D eigenvalue weighted by Crippen LogP contribution is 2.26. The average Bonchev–Trinajstić information content (AvgIpc) is 2.66. The van der Waals surface area contributed by atoms with Crippen LogP contribution in [0.1, 0.15) is 70.8 Å². The number of phenolic OH excluding ortho intramolecular Hbond substituents is 1. The van der Waals surface area contributed by atoms with Crippen LogP contribution in [0.3, 0.4) is 0 Å². The fraction of sp³-hybridized carbons (Fsp3) is 0.591. The predicted molar refractivity (Wildman–Crippen MR) is 106 cm³/mol. The van der Waals surface area contributed by atoms with Crippen molar-refractivity contribution in [1.29, 1.82) is 0 Å². The van der Waals surface area contributed by atoms with Gasteiger partial charge in [-0.2, -0.15) is 0 Å². The first-order valence-electron chi connectivity index (χ1n) is 9.68. The Kier molecular flexibility index (Phi) is 11.0. The molecule has 1 aromatic carbocycles. The van der Waals surface area contributed by atoms with Crippen molar-refractivity contribution in [3.63, 3.8) is 0 Å². The molecule has 0 aliphatic heterocycles. The van der Waals surface area contributed by atoms with Gasteiger partial charge >= 0.3 is 0 Å². The van der Waals surface area contributed by atoms with Gasteiger partial charge in [0.25, 0.3) is 0 Å². The number of carbonyl (C=O) groups excluding carboxylic acids is 1. The van der Waals surface area contributed by atoms with E-state index in [0.29, 0.717) is 18.7 Å². The Morgan fingerprint density at radius 2 is 1.92 bits per heavy atom. The lowest BCUT2D eigenvalue weighted by molar-refractivity contribution is -0.121. The van der Waals surface area contributed by atoms with Crippen LogP contribution in [0.5, 0.6) is 11.5 Å². The van der Waals surface area contributed by atoms with E-state index in [2.05, 4.69) is 31.0 Å². The number of phenols is 1. The summed E-state index contributed by atoms with van der Waals surface area (Å²) in [6, 6.07) is 5.07. The summed E-state index contributed by atoms with van der Waals surface area (Å²) in [6.45, 7) is 4.92. The fourth-order valence-corrected chi connectivity index (χ4v) is 2.77. The van der Waals surface area contributed by atoms with Crippen molar-refractivity contribution in [3.8, 4) is 23.3 Å². The first-order chi connectivity index (χ1) is 12.6. The second-order valence-corrected chi connectivity index (χ2v) is 6.56. The Labute approximate surface area is 158 Å². The van der Waals surface area contributed by atoms with Gasteiger partial charge in [-0.1, -0.05) is 32.8 Å². The molecule has 0 saturated heterocycles. The van der Waals surface area contributed by atoms with Gasteiger partial charge in [-0.15, -0.1) is 11.8 Å². The highest BCUT2D eigenvalue weighted by molar-refractivity contribution is 5.75. The predicted octanol–water partition coefficient (Wildman–Crippen LogP) is 4.80. The van der Waals surface area contributed by atoms with E-state index in [1.807, 2.05) is 0 Å². The lowest BCUT2D eigenvalue weighted by Gasteiger charge is -2.08. The van der Waals surface area contributed by atoms with Crippen LogP contribution in [0.2, 0.25) is 0 Å². The first-order valence-corrected chi connectivity index (χ1v) is 9.68. The molecule has 1 amide bonds. The number of aromatic hydroxyl groups is 1. The van der Waals surface area contributed by atoms with Gasteiger partial charge in [-0.25, -0.2) is 0 Å². The van der Waals surface area contributed by atoms with Crippen molar-refractivity contribution < 1.29 is 14.6 Å². The van der Waals surface area contributed by atoms with Gasteiger partial charge in [-0.05, 0) is 42.9 Å². The maximum absolute atomic E-state index is 11.9. The summed E-state index contributed by atoms with van der Waals surface area (Å²) in [5, 5.41) is 12.5. The van der Waals surface area contributed by atoms with Crippen LogP contribution in [0.4, 0.5) is 0 Å². The zero-order chi connectivity index (χ0) is 19.2. The van der Waals surface area contributed by atoms with Crippen molar-refractivity contribution in [2.24, 2.45) is 5.92 Å². The Morgan fingerprint density at radius 3 is 2.62 bits per heavy atom. The molecule has 4 heteroatoms. The zero-order valence-corrected chi connectivity index (χ0v) is 16.4. The monoisotopic (exact) mass is 359 g/mol. The highest BCUT2D eigenvalue weighted by atomic mass is 16.5. The lowest BCUT2D eigenvalue weighted by Crippen LogP contribution is -2.22. The van der Waals surface area contributed by atoms with Gasteiger partial charge in [-0.3, -0.25) is 4.79 Å². The molecule has 2 N–H and O–H groups in total. The number of hydrogen-bond donors (Lipinski definition) is 2. The third kappa shape index (κ3) is 8.80. The number of methoxy groups -OCH3 is 1. The van der Waals surface area contributed by atoms with Crippen molar-refractivity contribution >= 4 is 5.91 Å². The summed E-state index contributed by atoms with van der Waals surface area (Å²) in [6.07, 6.45) is 7.86. The molecule has 1 rings (SSSR count). The SMILES string of the molecule is CCC(CC)CCC#CCCCCC(=O)NCc1ccc(O)c(OC)c1. The molecular formula is C22H33NO3. The molecule has 0 bridgehead atoms. The smallest absolute Gasteiger partial charge is 0.220 e. The third-order valence-corrected chi connectivity index (χ3v) is 4.65. The fourth-order valence-electron chi connectivity index (χ4n) is 2.77. The van der Waals surface area contributed by atoms with E-state index in [9.17, 15) is 9.90 Å². The number of amides is 1. The molecule has 0 aliphatic rings. The summed E-state index contributed by atoms with van der Waals surface area (Å²) in [4.78, 5) is 11.9. The van der Waals surface area contributed by atoms with E-state index < -0.39 is 0 Å². The van der Waals surface area contributed by atoms with E-state index in [1.54, 1.807) is 18.2 Å². The molecule has 0 heterocycles. The molecule has 1 aromatic rings. The van der Waals surface area contributed by atoms with E-state index in [-0.39, 0.29) is 11.7 Å². The molecule has 0 aromatic heterocycles. The van der Waals surface area contributed by atoms with E-state index in [1.165, 1.54) is 26.4 Å². The third-order valence-electron chi connectivity index (χ3n) is 4.65. The molecule has 144 valence electrons. The normalized spacial score (nSPS) is 10.3. The maximum atomic E-state index is 11.9. The number of carbonyl (C=O) groups is 1. The Morgan fingerprint density at radius 1 is 1.19 bits per heavy atom. The molecule has 0 saturated carbocycles. The van der Waals surface area contributed by atoms with Gasteiger partial charge in [0.1, 0.15) is 0 Å². The average molecular weight is 360 g/mol. The lowest BCUT2D eigenvalue weighted by atomic mass is 9.98. The second-order valence-electron chi connectivity index (χ2n) is 6.56. The van der Waals surface area contributed by atoms with E-state index in [4.69, 9.17) is 4.74 Å². The Balaban J connectivity index is 2.14. The molecule has 26 heavy (non-hydrogen) atoms. The molecule has 0 atom stereocenters. The summed E-state index contributed by atoms with van der Waals surface area (Å²) in [7, 11) is 1.51. The summed E-state index contributed by atoms with van der Waals surface area (Å²) >= 11 is 0. The minimum atomic E-state index is 0.0405. The maximum Gasteiger partial charge on any atom is 0.220 e. The number of unbranched alkanes of at least 4 members (excludes halogenated alkanes) is 2. The van der Waals surface area contributed by atoms with Crippen LogP contribution in [0.15, 0.2) is 18.2 Å². The van der Waals surface area contributed by atoms with Crippen LogP contribution in [0, 0.1) is 17.8 Å². The van der Waals surface area contributed by atoms with Crippen molar-refractivity contribution in [3.05, 3.63) is 23.8 Å². The van der Waals surface area contributed by atoms with E-state index >= 15 is 0 Å². The highest BCUT2D eigenvalue weighted by Gasteiger charge is 2.05. The Hall–Kier alpha value is -2.15. The number of ether oxygens (including phenoxy) is 1. The molecule has 0 radical (unpaired) electrons. The molecular weight excluding hydrogens is 326 g/mol. The standard InChI is InChI=1S/C22H33NO3/c1-4-18(5-2)12-10-8-6-7-9-11-13-22(25)23-17-19-14-15-20(24)21(16-19)26-3/h14-16,18,24H,4-5,7,9-13,17H2,1-3H3,(H,23,25). The van der Waals surface area contributed by atoms with Crippen LogP contribution in [-0.2, 0) is 11.3 Å². The number of rotatable bonds is 11. The van der Waals surface area contributed by atoms with Crippen LogP contribution in [-0.4, -0.2) is 18.1 Å². The molecule has 0 unspecified atom stereocenters. The van der Waals surface area contributed by atoms with Gasteiger partial charge in [0.15, 0.2) is 11.5 Å². The minimum Gasteiger partial charge on any atom is -0.504 e. The van der Waals surface area contributed by atoms with E-state index in [0.717, 1.165) is 37.2 Å². The summed E-state index contributed by atoms with van der Waals surface area (Å²) < 4.78 is 5.06. The van der Waals surface area contributed by atoms with Crippen LogP contribution >= 0.6 is 0 Å². The number of nitrogens with one attached hydrogen (secondary N) is 1. The van der Waals surface area contributed by atoms with Crippen molar-refractivity contribution in [2.75, 3.05) is 7.11 Å². The second kappa shape index (κ2) is 13.1. The zero-order valence-electron chi connectivity index (χ0n) is 16.4. The Bertz CT molecular complexity index is 597. The topological polar surface area (TPSA) is 58.6 Å². The van der Waals surface area contributed by atoms with Crippen molar-refractivity contribution in [2.45, 2.75) is 71.8 Å². The van der Waals surface area contributed by atoms with Gasteiger partial charge in [0.2, 0.25) is 5.91 Å². The van der Waals surface area contributed by atoms with Crippen LogP contribution < -0.4 is 10.1 Å². The molecule has 4 nitrogen and oxygen atoms in total. The minimum absolute atomic E-state index is 0.0405. The first kappa shape index (κ1) is 21.9. The summed E-state index contributed by atoms with van der Waals surface area (Å²) in [5.41, 5.74) is 0.899. The van der Waals surface area contributed by atoms with Gasteiger partial charge < -0.3 is 15.2 Å². The van der Waals surface area contributed by atoms with Crippen molar-refractivity contribution in [1.82, 2.24) is 5.32 Å². The van der Waals surface area contributed by atoms with Crippen LogP contribution in [0.25, 0.3) is 0 Å². The largest absolute Gasteiger partial charge is 0.504 e. The summed E-state index contributed by atoms with van der Waals surface area (Å²) in [5.74, 6) is 7.84. The van der Waals surface area contributed by atoms with Gasteiger partial charge in [0, 0.05) is 25.8 Å². The number of benzene rings is 1. The van der Waals surface area contributed by atoms with Gasteiger partial charge in [0.05, 0.1) is 7.11 Å². The molecule has 0 aliphatic carbocycles. The molecule has 0 fully saturated rings.